The largest absolute Gasteiger partial charge is 0.433 e. The molecule has 6 nitrogen and oxygen atoms in total. The second-order valence-corrected chi connectivity index (χ2v) is 6.76. The van der Waals surface area contributed by atoms with Crippen LogP contribution < -0.4 is 10.6 Å². The maximum atomic E-state index is 12.6. The van der Waals surface area contributed by atoms with Crippen LogP contribution in [0.2, 0.25) is 0 Å². The minimum Gasteiger partial charge on any atom is -0.357 e. The molecule has 1 aromatic rings. The number of likely N-dealkylation sites (tertiary alicyclic amines) is 1. The Balaban J connectivity index is 1.90. The van der Waals surface area contributed by atoms with E-state index in [0.717, 1.165) is 44.3 Å². The molecule has 2 N–H and O–H groups in total. The van der Waals surface area contributed by atoms with Gasteiger partial charge in [-0.15, -0.1) is 0 Å². The summed E-state index contributed by atoms with van der Waals surface area (Å²) in [5, 5.41) is 6.04. The lowest BCUT2D eigenvalue weighted by atomic mass is 9.93. The highest BCUT2D eigenvalue weighted by atomic mass is 19.4. The van der Waals surface area contributed by atoms with Crippen molar-refractivity contribution in [3.05, 3.63) is 18.0 Å². The van der Waals surface area contributed by atoms with Crippen LogP contribution in [0.5, 0.6) is 0 Å². The van der Waals surface area contributed by atoms with E-state index in [2.05, 4.69) is 44.3 Å². The number of guanidine groups is 1. The van der Waals surface area contributed by atoms with Gasteiger partial charge in [-0.3, -0.25) is 4.99 Å². The Morgan fingerprint density at radius 1 is 1.40 bits per heavy atom. The first kappa shape index (κ1) is 19.3. The predicted octanol–water partition coefficient (Wildman–Crippen LogP) is 2.60. The zero-order valence-corrected chi connectivity index (χ0v) is 14.8. The highest BCUT2D eigenvalue weighted by molar-refractivity contribution is 5.80. The lowest BCUT2D eigenvalue weighted by molar-refractivity contribution is -0.141. The van der Waals surface area contributed by atoms with E-state index in [9.17, 15) is 13.2 Å². The standard InChI is InChI=1S/C16H25F3N6/c1-4-20-14(25-10-6-15(2,3)11-25)23-9-8-22-13-21-7-5-12(24-13)16(17,18)19/h5,7H,4,6,8-11H2,1-3H3,(H,20,23)(H,21,22,24). The number of hydrogen-bond donors (Lipinski definition) is 2. The second-order valence-electron chi connectivity index (χ2n) is 6.76. The molecule has 0 saturated carbocycles. The average molecular weight is 358 g/mol. The quantitative estimate of drug-likeness (QED) is 0.481. The van der Waals surface area contributed by atoms with Crippen molar-refractivity contribution in [3.63, 3.8) is 0 Å². The maximum absolute atomic E-state index is 12.6. The molecule has 1 aliphatic rings. The van der Waals surface area contributed by atoms with Crippen LogP contribution in [0.1, 0.15) is 32.9 Å². The Morgan fingerprint density at radius 3 is 2.76 bits per heavy atom. The van der Waals surface area contributed by atoms with Crippen LogP contribution in [-0.4, -0.2) is 53.6 Å². The second kappa shape index (κ2) is 7.88. The van der Waals surface area contributed by atoms with E-state index >= 15 is 0 Å². The van der Waals surface area contributed by atoms with Crippen molar-refractivity contribution >= 4 is 11.9 Å². The summed E-state index contributed by atoms with van der Waals surface area (Å²) in [5.74, 6) is 0.789. The minimum absolute atomic E-state index is 0.0441. The van der Waals surface area contributed by atoms with Gasteiger partial charge in [0.25, 0.3) is 0 Å². The molecule has 25 heavy (non-hydrogen) atoms. The number of aliphatic imine (C=N–C) groups is 1. The number of hydrogen-bond acceptors (Lipinski definition) is 4. The Kier molecular flexibility index (Phi) is 6.07. The molecule has 9 heteroatoms. The van der Waals surface area contributed by atoms with E-state index < -0.39 is 11.9 Å². The molecule has 2 heterocycles. The van der Waals surface area contributed by atoms with Crippen molar-refractivity contribution in [3.8, 4) is 0 Å². The summed E-state index contributed by atoms with van der Waals surface area (Å²) in [6.45, 7) is 9.87. The van der Waals surface area contributed by atoms with Crippen LogP contribution >= 0.6 is 0 Å². The van der Waals surface area contributed by atoms with Gasteiger partial charge in [0.05, 0.1) is 6.54 Å². The SMILES string of the molecule is CCNC(=NCCNc1nccc(C(F)(F)F)n1)N1CCC(C)(C)C1. The molecule has 0 aliphatic carbocycles. The molecular formula is C16H25F3N6. The molecule has 0 atom stereocenters. The van der Waals surface area contributed by atoms with Gasteiger partial charge in [-0.2, -0.15) is 13.2 Å². The van der Waals surface area contributed by atoms with E-state index in [-0.39, 0.29) is 11.4 Å². The van der Waals surface area contributed by atoms with E-state index in [1.165, 1.54) is 0 Å². The van der Waals surface area contributed by atoms with Gasteiger partial charge in [0, 0.05) is 32.4 Å². The average Bonchev–Trinajstić information content (AvgIpc) is 2.90. The molecule has 0 unspecified atom stereocenters. The summed E-state index contributed by atoms with van der Waals surface area (Å²) in [5.41, 5.74) is -0.693. The molecule has 1 fully saturated rings. The first-order chi connectivity index (χ1) is 11.7. The molecule has 0 bridgehead atoms. The minimum atomic E-state index is -4.47. The van der Waals surface area contributed by atoms with Crippen LogP contribution in [-0.2, 0) is 6.18 Å². The summed E-state index contributed by atoms with van der Waals surface area (Å²) in [6.07, 6.45) is -2.27. The molecule has 140 valence electrons. The summed E-state index contributed by atoms with van der Waals surface area (Å²) in [6, 6.07) is 0.849. The molecule has 1 aliphatic heterocycles. The third kappa shape index (κ3) is 5.75. The lowest BCUT2D eigenvalue weighted by Crippen LogP contribution is -2.41. The fourth-order valence-corrected chi connectivity index (χ4v) is 2.65. The number of alkyl halides is 3. The number of anilines is 1. The zero-order chi connectivity index (χ0) is 18.5. The summed E-state index contributed by atoms with van der Waals surface area (Å²) >= 11 is 0. The monoisotopic (exact) mass is 358 g/mol. The Labute approximate surface area is 145 Å². The first-order valence-corrected chi connectivity index (χ1v) is 8.39. The highest BCUT2D eigenvalue weighted by Gasteiger charge is 2.33. The number of nitrogens with zero attached hydrogens (tertiary/aromatic N) is 4. The van der Waals surface area contributed by atoms with Crippen LogP contribution in [0.4, 0.5) is 19.1 Å². The van der Waals surface area contributed by atoms with Crippen LogP contribution in [0, 0.1) is 5.41 Å². The molecule has 2 rings (SSSR count). The fraction of sp³-hybridized carbons (Fsp3) is 0.688. The number of nitrogens with one attached hydrogen (secondary N) is 2. The van der Waals surface area contributed by atoms with Gasteiger partial charge >= 0.3 is 6.18 Å². The van der Waals surface area contributed by atoms with Crippen molar-refractivity contribution in [1.82, 2.24) is 20.2 Å². The van der Waals surface area contributed by atoms with Gasteiger partial charge in [-0.25, -0.2) is 9.97 Å². The zero-order valence-electron chi connectivity index (χ0n) is 14.8. The Bertz CT molecular complexity index is 600. The van der Waals surface area contributed by atoms with E-state index in [4.69, 9.17) is 0 Å². The Morgan fingerprint density at radius 2 is 2.16 bits per heavy atom. The maximum Gasteiger partial charge on any atom is 0.433 e. The van der Waals surface area contributed by atoms with Crippen LogP contribution in [0.25, 0.3) is 0 Å². The van der Waals surface area contributed by atoms with Crippen molar-refractivity contribution in [1.29, 1.82) is 0 Å². The van der Waals surface area contributed by atoms with E-state index in [1.807, 2.05) is 6.92 Å². The predicted molar refractivity (Wildman–Crippen MR) is 91.5 cm³/mol. The third-order valence-electron chi connectivity index (χ3n) is 3.91. The van der Waals surface area contributed by atoms with E-state index in [0.29, 0.717) is 13.1 Å². The fourth-order valence-electron chi connectivity index (χ4n) is 2.65. The number of aromatic nitrogens is 2. The van der Waals surface area contributed by atoms with Crippen molar-refractivity contribution in [2.45, 2.75) is 33.4 Å². The van der Waals surface area contributed by atoms with Gasteiger partial charge in [0.15, 0.2) is 5.96 Å². The third-order valence-corrected chi connectivity index (χ3v) is 3.91. The molecule has 0 aromatic carbocycles. The Hall–Kier alpha value is -2.06. The smallest absolute Gasteiger partial charge is 0.357 e. The summed E-state index contributed by atoms with van der Waals surface area (Å²) in [4.78, 5) is 14.0. The van der Waals surface area contributed by atoms with Crippen LogP contribution in [0.15, 0.2) is 17.3 Å². The van der Waals surface area contributed by atoms with Gasteiger partial charge < -0.3 is 15.5 Å². The normalized spacial score (nSPS) is 17.7. The van der Waals surface area contributed by atoms with Crippen LogP contribution in [0.3, 0.4) is 0 Å². The lowest BCUT2D eigenvalue weighted by Gasteiger charge is -2.23. The molecule has 1 aromatic heterocycles. The van der Waals surface area contributed by atoms with E-state index in [1.54, 1.807) is 0 Å². The molecule has 1 saturated heterocycles. The summed E-state index contributed by atoms with van der Waals surface area (Å²) < 4.78 is 37.9. The molecule has 0 amide bonds. The van der Waals surface area contributed by atoms with Gasteiger partial charge in [-0.05, 0) is 24.8 Å². The van der Waals surface area contributed by atoms with Gasteiger partial charge in [-0.1, -0.05) is 13.8 Å². The first-order valence-electron chi connectivity index (χ1n) is 8.39. The number of halogens is 3. The number of rotatable bonds is 5. The van der Waals surface area contributed by atoms with Crippen molar-refractivity contribution < 1.29 is 13.2 Å². The molecule has 0 spiro atoms. The highest BCUT2D eigenvalue weighted by Crippen LogP contribution is 2.29. The summed E-state index contributed by atoms with van der Waals surface area (Å²) in [7, 11) is 0. The van der Waals surface area contributed by atoms with Gasteiger partial charge in [0.1, 0.15) is 5.69 Å². The van der Waals surface area contributed by atoms with Crippen molar-refractivity contribution in [2.24, 2.45) is 10.4 Å². The van der Waals surface area contributed by atoms with Crippen molar-refractivity contribution in [2.75, 3.05) is 38.0 Å². The molecular weight excluding hydrogens is 333 g/mol. The topological polar surface area (TPSA) is 65.4 Å². The van der Waals surface area contributed by atoms with Gasteiger partial charge in [0.2, 0.25) is 5.95 Å². The molecule has 0 radical (unpaired) electrons.